The molecule has 0 aliphatic carbocycles. The molecule has 2 nitrogen and oxygen atoms in total. The number of rotatable bonds is 7. The van der Waals surface area contributed by atoms with Gasteiger partial charge in [0.25, 0.3) is 0 Å². The first-order chi connectivity index (χ1) is 9.81. The molecule has 120 valence electrons. The molecule has 0 heterocycles. The predicted molar refractivity (Wildman–Crippen MR) is 97.2 cm³/mol. The summed E-state index contributed by atoms with van der Waals surface area (Å²) in [7, 11) is 2.19. The highest BCUT2D eigenvalue weighted by Gasteiger charge is 2.21. The van der Waals surface area contributed by atoms with E-state index in [1.807, 2.05) is 11.8 Å². The smallest absolute Gasteiger partial charge is 0.0470 e. The van der Waals surface area contributed by atoms with Gasteiger partial charge in [0, 0.05) is 18.6 Å². The maximum atomic E-state index is 6.05. The molecule has 21 heavy (non-hydrogen) atoms. The molecule has 0 aromatic heterocycles. The molecule has 0 aliphatic rings. The fourth-order valence-electron chi connectivity index (χ4n) is 2.54. The largest absolute Gasteiger partial charge is 0.329 e. The van der Waals surface area contributed by atoms with Gasteiger partial charge < -0.3 is 5.73 Å². The summed E-state index contributed by atoms with van der Waals surface area (Å²) in [5, 5.41) is 0. The zero-order valence-electron chi connectivity index (χ0n) is 14.5. The van der Waals surface area contributed by atoms with Crippen molar-refractivity contribution in [2.45, 2.75) is 51.6 Å². The second kappa shape index (κ2) is 8.21. The normalized spacial score (nSPS) is 15.2. The van der Waals surface area contributed by atoms with Crippen LogP contribution in [0.15, 0.2) is 24.3 Å². The van der Waals surface area contributed by atoms with E-state index < -0.39 is 0 Å². The third-order valence-electron chi connectivity index (χ3n) is 4.31. The number of likely N-dealkylation sites (N-methyl/N-ethyl adjacent to an activating group) is 1. The van der Waals surface area contributed by atoms with Gasteiger partial charge in [-0.25, -0.2) is 0 Å². The van der Waals surface area contributed by atoms with Crippen molar-refractivity contribution in [3.63, 3.8) is 0 Å². The minimum atomic E-state index is 0.203. The van der Waals surface area contributed by atoms with Crippen molar-refractivity contribution in [3.05, 3.63) is 35.4 Å². The Morgan fingerprint density at radius 1 is 1.19 bits per heavy atom. The molecular formula is C18H32N2S. The second-order valence-electron chi connectivity index (χ2n) is 6.92. The summed E-state index contributed by atoms with van der Waals surface area (Å²) in [5.41, 5.74) is 8.95. The van der Waals surface area contributed by atoms with Crippen molar-refractivity contribution in [2.75, 3.05) is 25.6 Å². The van der Waals surface area contributed by atoms with Crippen LogP contribution in [0.5, 0.6) is 0 Å². The Balaban J connectivity index is 2.84. The van der Waals surface area contributed by atoms with E-state index in [0.717, 1.165) is 0 Å². The molecule has 0 amide bonds. The van der Waals surface area contributed by atoms with Gasteiger partial charge in [0.15, 0.2) is 0 Å². The van der Waals surface area contributed by atoms with E-state index in [-0.39, 0.29) is 5.41 Å². The van der Waals surface area contributed by atoms with Crippen LogP contribution in [0.1, 0.15) is 51.3 Å². The molecule has 0 aliphatic heterocycles. The van der Waals surface area contributed by atoms with Gasteiger partial charge in [-0.15, -0.1) is 0 Å². The van der Waals surface area contributed by atoms with E-state index >= 15 is 0 Å². The highest BCUT2D eigenvalue weighted by Crippen LogP contribution is 2.26. The molecule has 0 fully saturated rings. The molecule has 2 atom stereocenters. The van der Waals surface area contributed by atoms with Gasteiger partial charge in [-0.3, -0.25) is 4.90 Å². The summed E-state index contributed by atoms with van der Waals surface area (Å²) < 4.78 is 0. The quantitative estimate of drug-likeness (QED) is 0.823. The van der Waals surface area contributed by atoms with Crippen molar-refractivity contribution in [2.24, 2.45) is 5.73 Å². The Kier molecular flexibility index (Phi) is 7.25. The van der Waals surface area contributed by atoms with E-state index in [1.54, 1.807) is 0 Å². The minimum absolute atomic E-state index is 0.203. The molecule has 0 saturated carbocycles. The monoisotopic (exact) mass is 308 g/mol. The maximum absolute atomic E-state index is 6.05. The van der Waals surface area contributed by atoms with Crippen LogP contribution in [0.4, 0.5) is 0 Å². The lowest BCUT2D eigenvalue weighted by Gasteiger charge is -2.33. The second-order valence-corrected chi connectivity index (χ2v) is 7.91. The molecule has 1 rings (SSSR count). The zero-order chi connectivity index (χ0) is 16.0. The van der Waals surface area contributed by atoms with Crippen molar-refractivity contribution in [3.8, 4) is 0 Å². The first kappa shape index (κ1) is 18.5. The van der Waals surface area contributed by atoms with Crippen LogP contribution >= 0.6 is 11.8 Å². The van der Waals surface area contributed by atoms with Crippen molar-refractivity contribution in [1.29, 1.82) is 0 Å². The van der Waals surface area contributed by atoms with Crippen LogP contribution in [-0.2, 0) is 5.41 Å². The Bertz CT molecular complexity index is 408. The topological polar surface area (TPSA) is 29.3 Å². The lowest BCUT2D eigenvalue weighted by atomic mass is 9.86. The Labute approximate surface area is 135 Å². The molecule has 1 aromatic rings. The predicted octanol–water partition coefficient (Wildman–Crippen LogP) is 4.06. The van der Waals surface area contributed by atoms with E-state index in [4.69, 9.17) is 5.73 Å². The first-order valence-corrected chi connectivity index (χ1v) is 9.22. The average Bonchev–Trinajstić information content (AvgIpc) is 2.45. The third-order valence-corrected chi connectivity index (χ3v) is 4.96. The van der Waals surface area contributed by atoms with Crippen molar-refractivity contribution >= 4 is 11.8 Å². The van der Waals surface area contributed by atoms with Crippen molar-refractivity contribution < 1.29 is 0 Å². The Hall–Kier alpha value is -0.510. The Morgan fingerprint density at radius 3 is 2.19 bits per heavy atom. The number of thioether (sulfide) groups is 1. The maximum Gasteiger partial charge on any atom is 0.0470 e. The van der Waals surface area contributed by atoms with Crippen molar-refractivity contribution in [1.82, 2.24) is 4.90 Å². The summed E-state index contributed by atoms with van der Waals surface area (Å²) in [5.74, 6) is 1.20. The van der Waals surface area contributed by atoms with Gasteiger partial charge in [0.05, 0.1) is 0 Å². The SMILES string of the molecule is CSCCC(C)N(C)C(CN)c1ccc(C(C)(C)C)cc1. The number of nitrogens with zero attached hydrogens (tertiary/aromatic N) is 1. The lowest BCUT2D eigenvalue weighted by molar-refractivity contribution is 0.185. The number of hydrogen-bond donors (Lipinski definition) is 1. The van der Waals surface area contributed by atoms with Crippen LogP contribution in [0.3, 0.4) is 0 Å². The summed E-state index contributed by atoms with van der Waals surface area (Å²) in [4.78, 5) is 2.42. The average molecular weight is 309 g/mol. The molecule has 0 spiro atoms. The summed E-state index contributed by atoms with van der Waals surface area (Å²) >= 11 is 1.91. The fourth-order valence-corrected chi connectivity index (χ4v) is 3.12. The number of hydrogen-bond acceptors (Lipinski definition) is 3. The van der Waals surface area contributed by atoms with Crippen LogP contribution in [0.25, 0.3) is 0 Å². The molecule has 0 bridgehead atoms. The van der Waals surface area contributed by atoms with Crippen LogP contribution in [0, 0.1) is 0 Å². The van der Waals surface area contributed by atoms with Gasteiger partial charge in [-0.2, -0.15) is 11.8 Å². The summed E-state index contributed by atoms with van der Waals surface area (Å²) in [6, 6.07) is 9.84. The number of benzene rings is 1. The minimum Gasteiger partial charge on any atom is -0.329 e. The van der Waals surface area contributed by atoms with Gasteiger partial charge >= 0.3 is 0 Å². The first-order valence-electron chi connectivity index (χ1n) is 7.82. The molecule has 1 aromatic carbocycles. The van der Waals surface area contributed by atoms with Gasteiger partial charge in [-0.1, -0.05) is 45.0 Å². The molecule has 2 unspecified atom stereocenters. The Morgan fingerprint density at radius 2 is 1.76 bits per heavy atom. The van der Waals surface area contributed by atoms with Crippen LogP contribution < -0.4 is 5.73 Å². The summed E-state index contributed by atoms with van der Waals surface area (Å²) in [6.07, 6.45) is 3.37. The highest BCUT2D eigenvalue weighted by molar-refractivity contribution is 7.98. The molecule has 3 heteroatoms. The number of nitrogens with two attached hydrogens (primary N) is 1. The van der Waals surface area contributed by atoms with E-state index in [9.17, 15) is 0 Å². The van der Waals surface area contributed by atoms with E-state index in [0.29, 0.717) is 18.6 Å². The van der Waals surface area contributed by atoms with Gasteiger partial charge in [0.2, 0.25) is 0 Å². The molecular weight excluding hydrogens is 276 g/mol. The fraction of sp³-hybridized carbons (Fsp3) is 0.667. The lowest BCUT2D eigenvalue weighted by Crippen LogP contribution is -2.37. The van der Waals surface area contributed by atoms with E-state index in [2.05, 4.69) is 70.2 Å². The van der Waals surface area contributed by atoms with Crippen LogP contribution in [0.2, 0.25) is 0 Å². The van der Waals surface area contributed by atoms with E-state index in [1.165, 1.54) is 23.3 Å². The molecule has 0 radical (unpaired) electrons. The molecule has 2 N–H and O–H groups in total. The van der Waals surface area contributed by atoms with Crippen LogP contribution in [-0.4, -0.2) is 36.5 Å². The molecule has 0 saturated heterocycles. The standard InChI is InChI=1S/C18H32N2S/c1-14(11-12-21-6)20(5)17(13-19)15-7-9-16(10-8-15)18(2,3)4/h7-10,14,17H,11-13,19H2,1-6H3. The van der Waals surface area contributed by atoms with Gasteiger partial charge in [0.1, 0.15) is 0 Å². The summed E-state index contributed by atoms with van der Waals surface area (Å²) in [6.45, 7) is 9.70. The third kappa shape index (κ3) is 5.32. The van der Waals surface area contributed by atoms with Gasteiger partial charge in [-0.05, 0) is 48.9 Å². The highest BCUT2D eigenvalue weighted by atomic mass is 32.2. The zero-order valence-corrected chi connectivity index (χ0v) is 15.3.